The lowest BCUT2D eigenvalue weighted by atomic mass is 10.1. The molecule has 1 atom stereocenters. The Kier molecular flexibility index (Phi) is 5.46. The van der Waals surface area contributed by atoms with Gasteiger partial charge in [-0.05, 0) is 38.0 Å². The summed E-state index contributed by atoms with van der Waals surface area (Å²) in [7, 11) is 0. The Labute approximate surface area is 105 Å². The first kappa shape index (κ1) is 12.7. The van der Waals surface area contributed by atoms with E-state index < -0.39 is 0 Å². The zero-order valence-electron chi connectivity index (χ0n) is 10.6. The second kappa shape index (κ2) is 6.87. The van der Waals surface area contributed by atoms with Gasteiger partial charge in [0.2, 0.25) is 0 Å². The van der Waals surface area contributed by atoms with E-state index in [-0.39, 0.29) is 0 Å². The third-order valence-electron chi connectivity index (χ3n) is 3.61. The van der Waals surface area contributed by atoms with Crippen LogP contribution in [0.15, 0.2) is 0 Å². The van der Waals surface area contributed by atoms with Gasteiger partial charge in [0.05, 0.1) is 0 Å². The molecular formula is C13H26N2S. The van der Waals surface area contributed by atoms with Crippen molar-refractivity contribution in [2.45, 2.75) is 51.1 Å². The van der Waals surface area contributed by atoms with E-state index in [1.807, 2.05) is 0 Å². The van der Waals surface area contributed by atoms with Gasteiger partial charge in [-0.25, -0.2) is 0 Å². The maximum Gasteiger partial charge on any atom is 0.0220 e. The molecule has 1 saturated carbocycles. The molecule has 1 aliphatic heterocycles. The van der Waals surface area contributed by atoms with Crippen molar-refractivity contribution in [1.82, 2.24) is 10.2 Å². The number of hydrogen-bond acceptors (Lipinski definition) is 3. The second-order valence-corrected chi connectivity index (χ2v) is 6.35. The number of nitrogens with zero attached hydrogens (tertiary/aromatic N) is 1. The van der Waals surface area contributed by atoms with Crippen molar-refractivity contribution in [1.29, 1.82) is 0 Å². The van der Waals surface area contributed by atoms with Gasteiger partial charge in [0.25, 0.3) is 0 Å². The van der Waals surface area contributed by atoms with Crippen LogP contribution >= 0.6 is 11.8 Å². The fourth-order valence-corrected chi connectivity index (χ4v) is 3.37. The molecule has 0 amide bonds. The van der Waals surface area contributed by atoms with Gasteiger partial charge in [-0.2, -0.15) is 11.8 Å². The molecule has 0 bridgehead atoms. The predicted octanol–water partition coefficient (Wildman–Crippen LogP) is 2.35. The molecule has 16 heavy (non-hydrogen) atoms. The van der Waals surface area contributed by atoms with Crippen LogP contribution in [-0.4, -0.2) is 48.1 Å². The summed E-state index contributed by atoms with van der Waals surface area (Å²) in [5, 5.41) is 3.71. The smallest absolute Gasteiger partial charge is 0.0220 e. The number of rotatable bonds is 6. The summed E-state index contributed by atoms with van der Waals surface area (Å²) < 4.78 is 0. The molecular weight excluding hydrogens is 216 g/mol. The van der Waals surface area contributed by atoms with Gasteiger partial charge >= 0.3 is 0 Å². The SMILES string of the molecule is CCCC(CNC1CC1)N1CCCSCC1. The van der Waals surface area contributed by atoms with E-state index in [0.29, 0.717) is 0 Å². The van der Waals surface area contributed by atoms with Crippen molar-refractivity contribution in [3.8, 4) is 0 Å². The van der Waals surface area contributed by atoms with Crippen LogP contribution in [0, 0.1) is 0 Å². The Balaban J connectivity index is 1.77. The highest BCUT2D eigenvalue weighted by Crippen LogP contribution is 2.20. The first-order valence-electron chi connectivity index (χ1n) is 6.95. The average molecular weight is 242 g/mol. The minimum absolute atomic E-state index is 0.796. The van der Waals surface area contributed by atoms with E-state index >= 15 is 0 Å². The molecule has 1 aliphatic carbocycles. The quantitative estimate of drug-likeness (QED) is 0.770. The largest absolute Gasteiger partial charge is 0.312 e. The number of nitrogens with one attached hydrogen (secondary N) is 1. The molecule has 1 saturated heterocycles. The van der Waals surface area contributed by atoms with E-state index in [2.05, 4.69) is 28.9 Å². The van der Waals surface area contributed by atoms with Gasteiger partial charge in [-0.1, -0.05) is 13.3 Å². The minimum atomic E-state index is 0.796. The summed E-state index contributed by atoms with van der Waals surface area (Å²) in [6.45, 7) is 6.17. The Hall–Kier alpha value is 0.270. The van der Waals surface area contributed by atoms with Crippen molar-refractivity contribution >= 4 is 11.8 Å². The Morgan fingerprint density at radius 1 is 1.31 bits per heavy atom. The molecule has 0 radical (unpaired) electrons. The first-order chi connectivity index (χ1) is 7.90. The molecule has 1 heterocycles. The summed E-state index contributed by atoms with van der Waals surface area (Å²) in [6, 6.07) is 1.66. The Bertz CT molecular complexity index is 186. The van der Waals surface area contributed by atoms with Crippen LogP contribution in [0.1, 0.15) is 39.0 Å². The molecule has 94 valence electrons. The third kappa shape index (κ3) is 4.27. The highest BCUT2D eigenvalue weighted by Gasteiger charge is 2.24. The number of thioether (sulfide) groups is 1. The highest BCUT2D eigenvalue weighted by atomic mass is 32.2. The van der Waals surface area contributed by atoms with Crippen molar-refractivity contribution in [2.75, 3.05) is 31.1 Å². The van der Waals surface area contributed by atoms with Gasteiger partial charge < -0.3 is 5.32 Å². The van der Waals surface area contributed by atoms with Crippen molar-refractivity contribution in [2.24, 2.45) is 0 Å². The van der Waals surface area contributed by atoms with Crippen molar-refractivity contribution < 1.29 is 0 Å². The summed E-state index contributed by atoms with van der Waals surface area (Å²) >= 11 is 2.13. The van der Waals surface area contributed by atoms with Crippen LogP contribution < -0.4 is 5.32 Å². The first-order valence-corrected chi connectivity index (χ1v) is 8.11. The zero-order chi connectivity index (χ0) is 11.2. The normalized spacial score (nSPS) is 25.3. The van der Waals surface area contributed by atoms with Crippen LogP contribution in [0.4, 0.5) is 0 Å². The summed E-state index contributed by atoms with van der Waals surface area (Å²) in [4.78, 5) is 2.74. The molecule has 0 aromatic heterocycles. The molecule has 2 nitrogen and oxygen atoms in total. The zero-order valence-corrected chi connectivity index (χ0v) is 11.4. The van der Waals surface area contributed by atoms with E-state index in [4.69, 9.17) is 0 Å². The molecule has 0 aromatic rings. The summed E-state index contributed by atoms with van der Waals surface area (Å²) in [6.07, 6.45) is 6.89. The molecule has 2 fully saturated rings. The molecule has 2 aliphatic rings. The maximum atomic E-state index is 3.71. The van der Waals surface area contributed by atoms with E-state index in [9.17, 15) is 0 Å². The Morgan fingerprint density at radius 2 is 2.19 bits per heavy atom. The fraction of sp³-hybridized carbons (Fsp3) is 1.00. The van der Waals surface area contributed by atoms with Crippen molar-refractivity contribution in [3.05, 3.63) is 0 Å². The van der Waals surface area contributed by atoms with Crippen LogP contribution in [0.3, 0.4) is 0 Å². The molecule has 0 spiro atoms. The lowest BCUT2D eigenvalue weighted by Crippen LogP contribution is -2.44. The van der Waals surface area contributed by atoms with Crippen LogP contribution in [0.5, 0.6) is 0 Å². The fourth-order valence-electron chi connectivity index (χ4n) is 2.47. The van der Waals surface area contributed by atoms with Crippen molar-refractivity contribution in [3.63, 3.8) is 0 Å². The van der Waals surface area contributed by atoms with E-state index in [1.165, 1.54) is 63.2 Å². The predicted molar refractivity (Wildman–Crippen MR) is 73.2 cm³/mol. The highest BCUT2D eigenvalue weighted by molar-refractivity contribution is 7.99. The lowest BCUT2D eigenvalue weighted by Gasteiger charge is -2.30. The van der Waals surface area contributed by atoms with Gasteiger partial charge in [0, 0.05) is 30.9 Å². The van der Waals surface area contributed by atoms with Gasteiger partial charge in [0.15, 0.2) is 0 Å². The maximum absolute atomic E-state index is 3.71. The summed E-state index contributed by atoms with van der Waals surface area (Å²) in [5.41, 5.74) is 0. The average Bonchev–Trinajstić information content (AvgIpc) is 3.11. The summed E-state index contributed by atoms with van der Waals surface area (Å²) in [5.74, 6) is 2.70. The van der Waals surface area contributed by atoms with E-state index in [1.54, 1.807) is 0 Å². The monoisotopic (exact) mass is 242 g/mol. The molecule has 1 unspecified atom stereocenters. The van der Waals surface area contributed by atoms with Gasteiger partial charge in [-0.15, -0.1) is 0 Å². The van der Waals surface area contributed by atoms with Crippen LogP contribution in [0.2, 0.25) is 0 Å². The molecule has 0 aromatic carbocycles. The lowest BCUT2D eigenvalue weighted by molar-refractivity contribution is 0.194. The molecule has 2 rings (SSSR count). The van der Waals surface area contributed by atoms with Crippen LogP contribution in [-0.2, 0) is 0 Å². The van der Waals surface area contributed by atoms with E-state index in [0.717, 1.165) is 12.1 Å². The second-order valence-electron chi connectivity index (χ2n) is 5.13. The van der Waals surface area contributed by atoms with Gasteiger partial charge in [0.1, 0.15) is 0 Å². The minimum Gasteiger partial charge on any atom is -0.312 e. The Morgan fingerprint density at radius 3 is 2.94 bits per heavy atom. The third-order valence-corrected chi connectivity index (χ3v) is 4.66. The topological polar surface area (TPSA) is 15.3 Å². The molecule has 3 heteroatoms. The standard InChI is InChI=1S/C13H26N2S/c1-2-4-13(11-14-12-5-6-12)15-7-3-9-16-10-8-15/h12-14H,2-11H2,1H3. The number of hydrogen-bond donors (Lipinski definition) is 1. The van der Waals surface area contributed by atoms with Crippen LogP contribution in [0.25, 0.3) is 0 Å². The molecule has 1 N–H and O–H groups in total. The van der Waals surface area contributed by atoms with Gasteiger partial charge in [-0.3, -0.25) is 4.90 Å².